The van der Waals surface area contributed by atoms with E-state index in [1.165, 1.54) is 0 Å². The van der Waals surface area contributed by atoms with E-state index in [9.17, 15) is 24.0 Å². The minimum Gasteiger partial charge on any atom is -0.312 e. The average Bonchev–Trinajstić information content (AvgIpc) is 2.30. The largest absolute Gasteiger partial charge is 0.353 e. The number of urea groups is 1. The highest BCUT2D eigenvalue weighted by atomic mass is 16.2. The SMILES string of the molecule is O=C1CC(=O)N(N=Nc2c[nH]c(=O)[nH]c2=O)C(=O)N1. The summed E-state index contributed by atoms with van der Waals surface area (Å²) in [5.41, 5.74) is -1.88. The van der Waals surface area contributed by atoms with Crippen LogP contribution in [0.2, 0.25) is 0 Å². The number of nitrogens with one attached hydrogen (secondary N) is 3. The fourth-order valence-electron chi connectivity index (χ4n) is 1.20. The molecule has 19 heavy (non-hydrogen) atoms. The van der Waals surface area contributed by atoms with Crippen molar-refractivity contribution in [2.75, 3.05) is 0 Å². The number of aromatic nitrogens is 2. The van der Waals surface area contributed by atoms with Crippen LogP contribution < -0.4 is 16.6 Å². The highest BCUT2D eigenvalue weighted by molar-refractivity contribution is 6.13. The van der Waals surface area contributed by atoms with Gasteiger partial charge in [0.2, 0.25) is 5.91 Å². The molecule has 11 heteroatoms. The van der Waals surface area contributed by atoms with Crippen molar-refractivity contribution in [1.82, 2.24) is 20.3 Å². The summed E-state index contributed by atoms with van der Waals surface area (Å²) in [7, 11) is 0. The van der Waals surface area contributed by atoms with Gasteiger partial charge in [0.05, 0.1) is 0 Å². The van der Waals surface area contributed by atoms with Crippen LogP contribution >= 0.6 is 0 Å². The summed E-state index contributed by atoms with van der Waals surface area (Å²) < 4.78 is 0. The maximum atomic E-state index is 11.3. The van der Waals surface area contributed by atoms with Crippen molar-refractivity contribution in [3.8, 4) is 0 Å². The summed E-state index contributed by atoms with van der Waals surface area (Å²) in [6.45, 7) is 0. The molecule has 2 rings (SSSR count). The van der Waals surface area contributed by atoms with Crippen LogP contribution in [-0.2, 0) is 9.59 Å². The van der Waals surface area contributed by atoms with E-state index in [1.54, 1.807) is 0 Å². The number of barbiturate groups is 1. The average molecular weight is 266 g/mol. The Bertz CT molecular complexity index is 680. The van der Waals surface area contributed by atoms with Gasteiger partial charge in [-0.15, -0.1) is 10.1 Å². The zero-order chi connectivity index (χ0) is 14.0. The number of H-pyrrole nitrogens is 2. The predicted octanol–water partition coefficient (Wildman–Crippen LogP) is -1.47. The molecule has 1 aromatic rings. The lowest BCUT2D eigenvalue weighted by Gasteiger charge is -2.17. The van der Waals surface area contributed by atoms with Crippen molar-refractivity contribution >= 4 is 23.5 Å². The van der Waals surface area contributed by atoms with Crippen LogP contribution in [0, 0.1) is 0 Å². The minimum absolute atomic E-state index is 0.308. The predicted molar refractivity (Wildman–Crippen MR) is 57.2 cm³/mol. The highest BCUT2D eigenvalue weighted by Crippen LogP contribution is 2.07. The van der Waals surface area contributed by atoms with Gasteiger partial charge in [-0.2, -0.15) is 0 Å². The van der Waals surface area contributed by atoms with Gasteiger partial charge in [-0.1, -0.05) is 5.22 Å². The Balaban J connectivity index is 2.25. The van der Waals surface area contributed by atoms with Crippen molar-refractivity contribution in [2.24, 2.45) is 10.3 Å². The van der Waals surface area contributed by atoms with Crippen molar-refractivity contribution in [2.45, 2.75) is 6.42 Å². The zero-order valence-electron chi connectivity index (χ0n) is 9.17. The van der Waals surface area contributed by atoms with Gasteiger partial charge in [0.25, 0.3) is 11.5 Å². The number of rotatable bonds is 2. The molecule has 0 aliphatic carbocycles. The number of aromatic amines is 2. The molecule has 0 unspecified atom stereocenters. The van der Waals surface area contributed by atoms with Crippen LogP contribution in [0.1, 0.15) is 6.42 Å². The third-order valence-electron chi connectivity index (χ3n) is 2.03. The molecule has 1 aliphatic heterocycles. The van der Waals surface area contributed by atoms with E-state index in [2.05, 4.69) is 15.3 Å². The lowest BCUT2D eigenvalue weighted by Crippen LogP contribution is -2.49. The molecule has 1 fully saturated rings. The fourth-order valence-corrected chi connectivity index (χ4v) is 1.20. The standard InChI is InChI=1S/C8H6N6O5/c15-4-1-5(16)14(8(19)10-4)13-12-3-2-9-7(18)11-6(3)17/h2H,1H2,(H,10,15,19)(H2,9,11,17,18). The highest BCUT2D eigenvalue weighted by Gasteiger charge is 2.31. The second-order valence-corrected chi connectivity index (χ2v) is 3.38. The monoisotopic (exact) mass is 266 g/mol. The van der Waals surface area contributed by atoms with Crippen molar-refractivity contribution < 1.29 is 14.4 Å². The first-order chi connectivity index (χ1) is 8.97. The first-order valence-electron chi connectivity index (χ1n) is 4.88. The van der Waals surface area contributed by atoms with Crippen LogP contribution in [0.15, 0.2) is 26.1 Å². The second kappa shape index (κ2) is 4.64. The fraction of sp³-hybridized carbons (Fsp3) is 0.125. The topological polar surface area (TPSA) is 157 Å². The number of hydrogen-bond donors (Lipinski definition) is 3. The molecule has 4 amide bonds. The van der Waals surface area contributed by atoms with Crippen LogP contribution in [0.4, 0.5) is 10.5 Å². The lowest BCUT2D eigenvalue weighted by atomic mass is 10.3. The molecular formula is C8H6N6O5. The number of hydrogen-bond acceptors (Lipinski definition) is 7. The summed E-state index contributed by atoms with van der Waals surface area (Å²) in [5.74, 6) is -1.62. The van der Waals surface area contributed by atoms with Crippen molar-refractivity contribution in [3.63, 3.8) is 0 Å². The van der Waals surface area contributed by atoms with E-state index in [4.69, 9.17) is 0 Å². The smallest absolute Gasteiger partial charge is 0.312 e. The number of imide groups is 2. The Morgan fingerprint density at radius 1 is 1.16 bits per heavy atom. The molecule has 0 saturated carbocycles. The zero-order valence-corrected chi connectivity index (χ0v) is 9.17. The molecule has 1 aromatic heterocycles. The quantitative estimate of drug-likeness (QED) is 0.439. The summed E-state index contributed by atoms with van der Waals surface area (Å²) in [4.78, 5) is 59.4. The van der Waals surface area contributed by atoms with Crippen LogP contribution in [0.25, 0.3) is 0 Å². The molecular weight excluding hydrogens is 260 g/mol. The van der Waals surface area contributed by atoms with Gasteiger partial charge in [0.15, 0.2) is 5.69 Å². The third-order valence-corrected chi connectivity index (χ3v) is 2.03. The summed E-state index contributed by atoms with van der Waals surface area (Å²) in [6.07, 6.45) is 0.412. The van der Waals surface area contributed by atoms with Gasteiger partial charge in [-0.25, -0.2) is 9.59 Å². The molecule has 3 N–H and O–H groups in total. The molecule has 2 heterocycles. The van der Waals surface area contributed by atoms with Gasteiger partial charge in [-0.05, 0) is 0 Å². The lowest BCUT2D eigenvalue weighted by molar-refractivity contribution is -0.136. The Kier molecular flexibility index (Phi) is 3.01. The van der Waals surface area contributed by atoms with Crippen LogP contribution in [0.3, 0.4) is 0 Å². The molecule has 0 aromatic carbocycles. The maximum Gasteiger partial charge on any atom is 0.353 e. The van der Waals surface area contributed by atoms with Crippen LogP contribution in [0.5, 0.6) is 0 Å². The number of carbonyl (C=O) groups is 3. The summed E-state index contributed by atoms with van der Waals surface area (Å²) >= 11 is 0. The van der Waals surface area contributed by atoms with Crippen molar-refractivity contribution in [3.05, 3.63) is 27.0 Å². The Hall–Kier alpha value is -3.11. The maximum absolute atomic E-state index is 11.3. The molecule has 0 radical (unpaired) electrons. The molecule has 0 atom stereocenters. The normalized spacial score (nSPS) is 16.0. The summed E-state index contributed by atoms with van der Waals surface area (Å²) in [6, 6.07) is -1.06. The molecule has 0 bridgehead atoms. The summed E-state index contributed by atoms with van der Waals surface area (Å²) in [5, 5.41) is 8.74. The number of nitrogens with zero attached hydrogens (tertiary/aromatic N) is 3. The first kappa shape index (κ1) is 12.3. The van der Waals surface area contributed by atoms with Gasteiger partial charge < -0.3 is 4.98 Å². The Labute approximate surface area is 103 Å². The second-order valence-electron chi connectivity index (χ2n) is 3.38. The Morgan fingerprint density at radius 3 is 2.53 bits per heavy atom. The van der Waals surface area contributed by atoms with E-state index in [0.29, 0.717) is 5.01 Å². The van der Waals surface area contributed by atoms with E-state index in [1.807, 2.05) is 10.3 Å². The Morgan fingerprint density at radius 2 is 1.89 bits per heavy atom. The molecule has 1 saturated heterocycles. The van der Waals surface area contributed by atoms with E-state index < -0.39 is 35.5 Å². The van der Waals surface area contributed by atoms with Gasteiger partial charge in [0.1, 0.15) is 6.42 Å². The minimum atomic E-state index is -1.06. The van der Waals surface area contributed by atoms with E-state index >= 15 is 0 Å². The molecule has 1 aliphatic rings. The van der Waals surface area contributed by atoms with Gasteiger partial charge >= 0.3 is 11.7 Å². The third kappa shape index (κ3) is 2.59. The van der Waals surface area contributed by atoms with E-state index in [0.717, 1.165) is 6.20 Å². The van der Waals surface area contributed by atoms with E-state index in [-0.39, 0.29) is 5.69 Å². The number of amides is 4. The first-order valence-corrected chi connectivity index (χ1v) is 4.88. The molecule has 11 nitrogen and oxygen atoms in total. The van der Waals surface area contributed by atoms with Crippen LogP contribution in [-0.4, -0.2) is 32.8 Å². The van der Waals surface area contributed by atoms with Gasteiger partial charge in [-0.3, -0.25) is 24.7 Å². The molecule has 0 spiro atoms. The number of carbonyl (C=O) groups excluding carboxylic acids is 3. The van der Waals surface area contributed by atoms with Gasteiger partial charge in [0, 0.05) is 6.20 Å². The van der Waals surface area contributed by atoms with Crippen molar-refractivity contribution in [1.29, 1.82) is 0 Å². The molecule has 98 valence electrons.